The Morgan fingerprint density at radius 2 is 1.59 bits per heavy atom. The normalized spacial score (nSPS) is 20.9. The second-order valence-corrected chi connectivity index (χ2v) is 7.14. The molecular formula is C21H20F2N2O2. The van der Waals surface area contributed by atoms with Gasteiger partial charge >= 0.3 is 0 Å². The molecule has 6 heteroatoms. The van der Waals surface area contributed by atoms with Gasteiger partial charge in [0.15, 0.2) is 0 Å². The van der Waals surface area contributed by atoms with Gasteiger partial charge in [-0.15, -0.1) is 0 Å². The van der Waals surface area contributed by atoms with Crippen molar-refractivity contribution in [2.24, 2.45) is 5.92 Å². The van der Waals surface area contributed by atoms with Crippen LogP contribution in [-0.4, -0.2) is 29.8 Å². The average molecular weight is 370 g/mol. The minimum absolute atomic E-state index is 0.131. The van der Waals surface area contributed by atoms with Crippen molar-refractivity contribution in [3.63, 3.8) is 0 Å². The van der Waals surface area contributed by atoms with E-state index in [1.165, 1.54) is 36.4 Å². The molecule has 27 heavy (non-hydrogen) atoms. The van der Waals surface area contributed by atoms with E-state index in [1.807, 2.05) is 0 Å². The molecule has 1 saturated heterocycles. The van der Waals surface area contributed by atoms with Crippen LogP contribution in [0.4, 0.5) is 8.78 Å². The number of hydrogen-bond acceptors (Lipinski definition) is 2. The molecule has 1 saturated carbocycles. The SMILES string of the molecule is O=C1NCCN(C(=O)C(c2ccc(F)cc2)C2CC2)C1c1ccc(F)cc1. The highest BCUT2D eigenvalue weighted by molar-refractivity contribution is 5.92. The van der Waals surface area contributed by atoms with E-state index in [-0.39, 0.29) is 29.5 Å². The number of piperazine rings is 1. The molecule has 2 fully saturated rings. The van der Waals surface area contributed by atoms with Gasteiger partial charge in [0.25, 0.3) is 0 Å². The fourth-order valence-corrected chi connectivity index (χ4v) is 3.78. The monoisotopic (exact) mass is 370 g/mol. The third-order valence-corrected chi connectivity index (χ3v) is 5.27. The summed E-state index contributed by atoms with van der Waals surface area (Å²) in [6.07, 6.45) is 1.88. The lowest BCUT2D eigenvalue weighted by Gasteiger charge is -2.37. The minimum Gasteiger partial charge on any atom is -0.352 e. The number of nitrogens with zero attached hydrogens (tertiary/aromatic N) is 1. The number of carbonyl (C=O) groups excluding carboxylic acids is 2. The van der Waals surface area contributed by atoms with Crippen molar-refractivity contribution in [3.05, 3.63) is 71.3 Å². The number of hydrogen-bond donors (Lipinski definition) is 1. The van der Waals surface area contributed by atoms with Crippen molar-refractivity contribution in [3.8, 4) is 0 Å². The Morgan fingerprint density at radius 1 is 1.00 bits per heavy atom. The van der Waals surface area contributed by atoms with Gasteiger partial charge in [0.1, 0.15) is 17.7 Å². The Labute approximate surface area is 156 Å². The van der Waals surface area contributed by atoms with E-state index < -0.39 is 11.9 Å². The predicted octanol–water partition coefficient (Wildman–Crippen LogP) is 3.16. The van der Waals surface area contributed by atoms with E-state index in [1.54, 1.807) is 17.0 Å². The van der Waals surface area contributed by atoms with Crippen LogP contribution in [0.2, 0.25) is 0 Å². The Hall–Kier alpha value is -2.76. The number of rotatable bonds is 4. The summed E-state index contributed by atoms with van der Waals surface area (Å²) in [6.45, 7) is 0.764. The largest absolute Gasteiger partial charge is 0.352 e. The van der Waals surface area contributed by atoms with Crippen LogP contribution < -0.4 is 5.32 Å². The first-order chi connectivity index (χ1) is 13.0. The van der Waals surface area contributed by atoms with Gasteiger partial charge in [0.2, 0.25) is 11.8 Å². The van der Waals surface area contributed by atoms with Crippen LogP contribution in [0.1, 0.15) is 35.9 Å². The van der Waals surface area contributed by atoms with Crippen molar-refractivity contribution in [2.75, 3.05) is 13.1 Å². The molecule has 0 bridgehead atoms. The lowest BCUT2D eigenvalue weighted by Crippen LogP contribution is -2.53. The average Bonchev–Trinajstić information content (AvgIpc) is 3.49. The van der Waals surface area contributed by atoms with Gasteiger partial charge < -0.3 is 10.2 Å². The maximum Gasteiger partial charge on any atom is 0.247 e. The van der Waals surface area contributed by atoms with E-state index in [0.29, 0.717) is 18.7 Å². The highest BCUT2D eigenvalue weighted by Crippen LogP contribution is 2.44. The van der Waals surface area contributed by atoms with Crippen LogP contribution in [0.5, 0.6) is 0 Å². The molecule has 0 spiro atoms. The third-order valence-electron chi connectivity index (χ3n) is 5.27. The van der Waals surface area contributed by atoms with E-state index in [0.717, 1.165) is 18.4 Å². The van der Waals surface area contributed by atoms with Gasteiger partial charge in [0.05, 0.1) is 5.92 Å². The number of halogens is 2. The molecule has 2 aromatic carbocycles. The molecule has 1 N–H and O–H groups in total. The summed E-state index contributed by atoms with van der Waals surface area (Å²) in [5.74, 6) is -1.32. The number of amides is 2. The quantitative estimate of drug-likeness (QED) is 0.899. The van der Waals surface area contributed by atoms with Crippen LogP contribution >= 0.6 is 0 Å². The first-order valence-corrected chi connectivity index (χ1v) is 9.14. The zero-order chi connectivity index (χ0) is 19.0. The molecule has 2 aliphatic rings. The van der Waals surface area contributed by atoms with E-state index in [9.17, 15) is 18.4 Å². The van der Waals surface area contributed by atoms with Crippen molar-refractivity contribution < 1.29 is 18.4 Å². The third kappa shape index (κ3) is 3.56. The number of nitrogens with one attached hydrogen (secondary N) is 1. The van der Waals surface area contributed by atoms with Crippen LogP contribution in [-0.2, 0) is 9.59 Å². The zero-order valence-electron chi connectivity index (χ0n) is 14.7. The van der Waals surface area contributed by atoms with Gasteiger partial charge in [-0.1, -0.05) is 24.3 Å². The van der Waals surface area contributed by atoms with Crippen LogP contribution in [0.15, 0.2) is 48.5 Å². The molecule has 4 nitrogen and oxygen atoms in total. The first-order valence-electron chi connectivity index (χ1n) is 9.14. The maximum absolute atomic E-state index is 13.4. The molecule has 0 aromatic heterocycles. The second-order valence-electron chi connectivity index (χ2n) is 7.14. The summed E-state index contributed by atoms with van der Waals surface area (Å²) in [6, 6.07) is 10.9. The Morgan fingerprint density at radius 3 is 2.19 bits per heavy atom. The molecule has 1 aliphatic carbocycles. The van der Waals surface area contributed by atoms with Crippen molar-refractivity contribution >= 4 is 11.8 Å². The number of carbonyl (C=O) groups is 2. The maximum atomic E-state index is 13.4. The molecule has 4 rings (SSSR count). The van der Waals surface area contributed by atoms with Gasteiger partial charge in [0, 0.05) is 13.1 Å². The molecule has 2 amide bonds. The summed E-state index contributed by atoms with van der Waals surface area (Å²) < 4.78 is 26.6. The highest BCUT2D eigenvalue weighted by atomic mass is 19.1. The standard InChI is InChI=1S/C21H20F2N2O2/c22-16-7-3-14(4-8-16)18(13-1-2-13)21(27)25-12-11-24-20(26)19(25)15-5-9-17(23)10-6-15/h3-10,13,18-19H,1-2,11-12H2,(H,24,26). The van der Waals surface area contributed by atoms with Crippen LogP contribution in [0.25, 0.3) is 0 Å². The van der Waals surface area contributed by atoms with Gasteiger partial charge in [-0.05, 0) is 54.2 Å². The Bertz CT molecular complexity index is 847. The fourth-order valence-electron chi connectivity index (χ4n) is 3.78. The van der Waals surface area contributed by atoms with Gasteiger partial charge in [-0.25, -0.2) is 8.78 Å². The highest BCUT2D eigenvalue weighted by Gasteiger charge is 2.43. The molecule has 140 valence electrons. The topological polar surface area (TPSA) is 49.4 Å². The molecule has 1 aliphatic heterocycles. The van der Waals surface area contributed by atoms with Gasteiger partial charge in [-0.2, -0.15) is 0 Å². The Kier molecular flexibility index (Phi) is 4.64. The summed E-state index contributed by atoms with van der Waals surface area (Å²) in [4.78, 5) is 27.6. The Balaban J connectivity index is 1.67. The smallest absolute Gasteiger partial charge is 0.247 e. The van der Waals surface area contributed by atoms with Crippen LogP contribution in [0.3, 0.4) is 0 Å². The fraction of sp³-hybridized carbons (Fsp3) is 0.333. The first kappa shape index (κ1) is 17.6. The lowest BCUT2D eigenvalue weighted by atomic mass is 9.90. The predicted molar refractivity (Wildman–Crippen MR) is 95.7 cm³/mol. The van der Waals surface area contributed by atoms with E-state index in [4.69, 9.17) is 0 Å². The molecule has 1 heterocycles. The summed E-state index contributed by atoms with van der Waals surface area (Å²) in [5, 5.41) is 2.78. The lowest BCUT2D eigenvalue weighted by molar-refractivity contribution is -0.145. The molecular weight excluding hydrogens is 350 g/mol. The minimum atomic E-state index is -0.784. The van der Waals surface area contributed by atoms with Crippen LogP contribution in [0, 0.1) is 17.6 Å². The molecule has 2 aromatic rings. The van der Waals surface area contributed by atoms with Gasteiger partial charge in [-0.3, -0.25) is 9.59 Å². The van der Waals surface area contributed by atoms with Crippen molar-refractivity contribution in [2.45, 2.75) is 24.8 Å². The molecule has 0 radical (unpaired) electrons. The van der Waals surface area contributed by atoms with E-state index >= 15 is 0 Å². The van der Waals surface area contributed by atoms with E-state index in [2.05, 4.69) is 5.32 Å². The summed E-state index contributed by atoms with van der Waals surface area (Å²) in [5.41, 5.74) is 1.35. The van der Waals surface area contributed by atoms with Crippen molar-refractivity contribution in [1.82, 2.24) is 10.2 Å². The second kappa shape index (κ2) is 7.10. The summed E-state index contributed by atoms with van der Waals surface area (Å²) in [7, 11) is 0. The van der Waals surface area contributed by atoms with Crippen molar-refractivity contribution in [1.29, 1.82) is 0 Å². The molecule has 2 atom stereocenters. The zero-order valence-corrected chi connectivity index (χ0v) is 14.7. The molecule has 2 unspecified atom stereocenters. The number of benzene rings is 2. The summed E-state index contributed by atoms with van der Waals surface area (Å²) >= 11 is 0.